The number of rotatable bonds is 4. The van der Waals surface area contributed by atoms with Crippen LogP contribution in [0.4, 0.5) is 14.9 Å². The number of carbonyl (C=O) groups excluding carboxylic acids is 1. The zero-order valence-electron chi connectivity index (χ0n) is 15.7. The molecule has 146 valence electrons. The third-order valence-corrected chi connectivity index (χ3v) is 5.91. The van der Waals surface area contributed by atoms with Gasteiger partial charge in [0.05, 0.1) is 6.04 Å². The van der Waals surface area contributed by atoms with Crippen LogP contribution < -0.4 is 10.6 Å². The fourth-order valence-electron chi connectivity index (χ4n) is 4.33. The molecule has 3 nitrogen and oxygen atoms in total. The van der Waals surface area contributed by atoms with Gasteiger partial charge in [-0.15, -0.1) is 0 Å². The first kappa shape index (κ1) is 19.0. The predicted molar refractivity (Wildman–Crippen MR) is 112 cm³/mol. The minimum Gasteiger partial charge on any atom is -0.331 e. The van der Waals surface area contributed by atoms with E-state index in [1.54, 1.807) is 6.07 Å². The summed E-state index contributed by atoms with van der Waals surface area (Å²) in [5, 5.41) is 6.36. The first-order valence-corrected chi connectivity index (χ1v) is 10.3. The van der Waals surface area contributed by atoms with Crippen molar-refractivity contribution in [1.82, 2.24) is 5.32 Å². The van der Waals surface area contributed by atoms with Crippen molar-refractivity contribution in [1.29, 1.82) is 0 Å². The third kappa shape index (κ3) is 4.39. The molecule has 28 heavy (non-hydrogen) atoms. The summed E-state index contributed by atoms with van der Waals surface area (Å²) in [7, 11) is 0. The number of benzene rings is 2. The lowest BCUT2D eigenvalue weighted by Gasteiger charge is -2.31. The van der Waals surface area contributed by atoms with Gasteiger partial charge in [0.2, 0.25) is 0 Å². The molecular weight excluding hydrogens is 375 g/mol. The first-order valence-electron chi connectivity index (χ1n) is 9.91. The second-order valence-electron chi connectivity index (χ2n) is 7.70. The van der Waals surface area contributed by atoms with Crippen LogP contribution in [0.15, 0.2) is 42.5 Å². The van der Waals surface area contributed by atoms with Gasteiger partial charge < -0.3 is 10.6 Å². The monoisotopic (exact) mass is 398 g/mol. The van der Waals surface area contributed by atoms with Gasteiger partial charge in [-0.1, -0.05) is 49.1 Å². The van der Waals surface area contributed by atoms with E-state index in [1.807, 2.05) is 18.2 Å². The number of anilines is 1. The van der Waals surface area contributed by atoms with Crippen LogP contribution in [-0.2, 0) is 6.42 Å². The summed E-state index contributed by atoms with van der Waals surface area (Å²) >= 11 is 6.08. The molecule has 2 aliphatic rings. The molecular formula is C23H24ClFN2O. The molecule has 0 aromatic heterocycles. The Morgan fingerprint density at radius 1 is 1.11 bits per heavy atom. The molecule has 1 fully saturated rings. The average molecular weight is 399 g/mol. The van der Waals surface area contributed by atoms with Gasteiger partial charge in [0.15, 0.2) is 0 Å². The highest BCUT2D eigenvalue weighted by atomic mass is 35.5. The maximum atomic E-state index is 13.9. The van der Waals surface area contributed by atoms with Gasteiger partial charge in [-0.05, 0) is 72.2 Å². The molecule has 2 aliphatic carbocycles. The summed E-state index contributed by atoms with van der Waals surface area (Å²) in [5.41, 5.74) is 3.88. The summed E-state index contributed by atoms with van der Waals surface area (Å²) in [5.74, 6) is -0.101. The van der Waals surface area contributed by atoms with Crippen LogP contribution in [0, 0.1) is 11.7 Å². The lowest BCUT2D eigenvalue weighted by atomic mass is 9.81. The fraction of sp³-hybridized carbons (Fsp3) is 0.348. The van der Waals surface area contributed by atoms with Crippen LogP contribution in [0.25, 0.3) is 6.08 Å². The molecule has 2 amide bonds. The van der Waals surface area contributed by atoms with Gasteiger partial charge in [-0.3, -0.25) is 0 Å². The quantitative estimate of drug-likeness (QED) is 0.607. The van der Waals surface area contributed by atoms with Crippen molar-refractivity contribution >= 4 is 29.4 Å². The van der Waals surface area contributed by atoms with Crippen molar-refractivity contribution in [3.8, 4) is 0 Å². The van der Waals surface area contributed by atoms with Crippen LogP contribution in [-0.4, -0.2) is 6.03 Å². The summed E-state index contributed by atoms with van der Waals surface area (Å²) in [6.45, 7) is 0. The molecule has 0 spiro atoms. The molecule has 2 aromatic rings. The van der Waals surface area contributed by atoms with E-state index in [0.717, 1.165) is 48.9 Å². The van der Waals surface area contributed by atoms with Crippen LogP contribution in [0.1, 0.15) is 54.8 Å². The zero-order chi connectivity index (χ0) is 19.5. The number of hydrogen-bond acceptors (Lipinski definition) is 1. The highest BCUT2D eigenvalue weighted by molar-refractivity contribution is 6.30. The molecule has 5 heteroatoms. The SMILES string of the molecule is O=C(Nc1ccc2c(c1)C=CC2)NC(c1cc(F)cc(Cl)c1)C1CCCCC1. The molecule has 0 heterocycles. The van der Waals surface area contributed by atoms with E-state index < -0.39 is 0 Å². The van der Waals surface area contributed by atoms with E-state index in [9.17, 15) is 9.18 Å². The first-order chi connectivity index (χ1) is 13.6. The Labute approximate surface area is 170 Å². The van der Waals surface area contributed by atoms with Gasteiger partial charge in [-0.2, -0.15) is 0 Å². The molecule has 4 rings (SSSR count). The lowest BCUT2D eigenvalue weighted by Crippen LogP contribution is -2.37. The zero-order valence-corrected chi connectivity index (χ0v) is 16.4. The number of nitrogens with one attached hydrogen (secondary N) is 2. The van der Waals surface area contributed by atoms with E-state index in [4.69, 9.17) is 11.6 Å². The normalized spacial score (nSPS) is 17.2. The topological polar surface area (TPSA) is 41.1 Å². The van der Waals surface area contributed by atoms with Gasteiger partial charge >= 0.3 is 6.03 Å². The van der Waals surface area contributed by atoms with Crippen molar-refractivity contribution < 1.29 is 9.18 Å². The Bertz CT molecular complexity index is 885. The average Bonchev–Trinajstić information content (AvgIpc) is 3.14. The minimum absolute atomic E-state index is 0.261. The van der Waals surface area contributed by atoms with Gasteiger partial charge in [0.25, 0.3) is 0 Å². The number of urea groups is 1. The van der Waals surface area contributed by atoms with Crippen molar-refractivity contribution in [3.63, 3.8) is 0 Å². The van der Waals surface area contributed by atoms with E-state index in [1.165, 1.54) is 24.1 Å². The Morgan fingerprint density at radius 2 is 1.93 bits per heavy atom. The number of hydrogen-bond donors (Lipinski definition) is 2. The van der Waals surface area contributed by atoms with E-state index in [-0.39, 0.29) is 23.8 Å². The van der Waals surface area contributed by atoms with Crippen LogP contribution in [0.2, 0.25) is 5.02 Å². The largest absolute Gasteiger partial charge is 0.331 e. The number of halogens is 2. The molecule has 0 aliphatic heterocycles. The van der Waals surface area contributed by atoms with Crippen molar-refractivity contribution in [2.75, 3.05) is 5.32 Å². The second kappa shape index (κ2) is 8.36. The lowest BCUT2D eigenvalue weighted by molar-refractivity contribution is 0.232. The number of carbonyl (C=O) groups is 1. The van der Waals surface area contributed by atoms with Gasteiger partial charge in [-0.25, -0.2) is 9.18 Å². The second-order valence-corrected chi connectivity index (χ2v) is 8.13. The van der Waals surface area contributed by atoms with E-state index in [0.29, 0.717) is 5.02 Å². The number of amides is 2. The summed E-state index contributed by atoms with van der Waals surface area (Å²) < 4.78 is 13.9. The molecule has 2 aromatic carbocycles. The maximum absolute atomic E-state index is 13.9. The Kier molecular flexibility index (Phi) is 5.67. The third-order valence-electron chi connectivity index (χ3n) is 5.69. The highest BCUT2D eigenvalue weighted by Crippen LogP contribution is 2.35. The maximum Gasteiger partial charge on any atom is 0.319 e. The molecule has 1 saturated carbocycles. The van der Waals surface area contributed by atoms with Gasteiger partial charge in [0, 0.05) is 10.7 Å². The molecule has 1 unspecified atom stereocenters. The van der Waals surface area contributed by atoms with E-state index >= 15 is 0 Å². The molecule has 0 bridgehead atoms. The number of allylic oxidation sites excluding steroid dienone is 1. The van der Waals surface area contributed by atoms with Crippen LogP contribution in [0.5, 0.6) is 0 Å². The van der Waals surface area contributed by atoms with Crippen molar-refractivity contribution in [2.45, 2.75) is 44.6 Å². The molecule has 0 radical (unpaired) electrons. The van der Waals surface area contributed by atoms with Gasteiger partial charge in [0.1, 0.15) is 5.82 Å². The fourth-order valence-corrected chi connectivity index (χ4v) is 4.56. The standard InChI is InChI=1S/C23H24ClFN2O/c24-19-11-18(12-20(25)14-19)22(16-5-2-1-3-6-16)27-23(28)26-21-10-9-15-7-4-8-17(15)13-21/h4,8-14,16,22H,1-3,5-7H2,(H2,26,27,28). The summed E-state index contributed by atoms with van der Waals surface area (Å²) in [6, 6.07) is 9.92. The molecule has 2 N–H and O–H groups in total. The van der Waals surface area contributed by atoms with Crippen molar-refractivity contribution in [2.24, 2.45) is 5.92 Å². The number of fused-ring (bicyclic) bond motifs is 1. The summed E-state index contributed by atoms with van der Waals surface area (Å²) in [6.07, 6.45) is 10.6. The minimum atomic E-state index is -0.379. The van der Waals surface area contributed by atoms with E-state index in [2.05, 4.69) is 22.8 Å². The Morgan fingerprint density at radius 3 is 2.71 bits per heavy atom. The highest BCUT2D eigenvalue weighted by Gasteiger charge is 2.27. The predicted octanol–water partition coefficient (Wildman–Crippen LogP) is 6.49. The Balaban J connectivity index is 1.52. The van der Waals surface area contributed by atoms with Crippen LogP contribution >= 0.6 is 11.6 Å². The summed E-state index contributed by atoms with van der Waals surface area (Å²) in [4.78, 5) is 12.7. The van der Waals surface area contributed by atoms with Crippen molar-refractivity contribution in [3.05, 3.63) is 70.0 Å². The smallest absolute Gasteiger partial charge is 0.319 e. The van der Waals surface area contributed by atoms with Crippen LogP contribution in [0.3, 0.4) is 0 Å². The molecule has 1 atom stereocenters. The molecule has 0 saturated heterocycles. The Hall–Kier alpha value is -2.33.